The minimum absolute atomic E-state index is 0.000152. The molecule has 0 saturated carbocycles. The first-order valence-electron chi connectivity index (χ1n) is 8.41. The number of imidazole rings is 1. The van der Waals surface area contributed by atoms with Gasteiger partial charge in [-0.25, -0.2) is 18.1 Å². The number of carbonyl (C=O) groups excluding carboxylic acids is 1. The fourth-order valence-electron chi connectivity index (χ4n) is 2.69. The van der Waals surface area contributed by atoms with Gasteiger partial charge in [-0.1, -0.05) is 34.1 Å². The van der Waals surface area contributed by atoms with Crippen molar-refractivity contribution in [1.29, 1.82) is 0 Å². The van der Waals surface area contributed by atoms with Crippen LogP contribution in [0.1, 0.15) is 13.3 Å². The number of anilines is 1. The number of aromatic nitrogens is 2. The zero-order valence-electron chi connectivity index (χ0n) is 14.6. The third-order valence-corrected chi connectivity index (χ3v) is 5.92. The summed E-state index contributed by atoms with van der Waals surface area (Å²) in [6.45, 7) is 2.62. The first-order chi connectivity index (χ1) is 12.9. The van der Waals surface area contributed by atoms with Crippen molar-refractivity contribution in [3.63, 3.8) is 0 Å². The van der Waals surface area contributed by atoms with Gasteiger partial charge in [0.05, 0.1) is 15.9 Å². The largest absolute Gasteiger partial charge is 0.310 e. The zero-order valence-corrected chi connectivity index (χ0v) is 17.0. The molecule has 0 unspecified atom stereocenters. The summed E-state index contributed by atoms with van der Waals surface area (Å²) in [5.41, 5.74) is 1.73. The molecule has 1 amide bonds. The molecule has 3 rings (SSSR count). The van der Waals surface area contributed by atoms with E-state index in [9.17, 15) is 13.2 Å². The van der Waals surface area contributed by atoms with Crippen molar-refractivity contribution in [3.05, 3.63) is 53.0 Å². The van der Waals surface area contributed by atoms with E-state index in [1.165, 1.54) is 12.1 Å². The topological polar surface area (TPSA) is 93.1 Å². The summed E-state index contributed by atoms with van der Waals surface area (Å²) in [6.07, 6.45) is 0.000152. The molecule has 0 aliphatic carbocycles. The van der Waals surface area contributed by atoms with Gasteiger partial charge in [-0.3, -0.25) is 10.1 Å². The van der Waals surface area contributed by atoms with Crippen molar-refractivity contribution in [2.75, 3.05) is 11.9 Å². The number of carbonyl (C=O) groups is 1. The normalized spacial score (nSPS) is 11.6. The van der Waals surface area contributed by atoms with Gasteiger partial charge in [-0.2, -0.15) is 0 Å². The summed E-state index contributed by atoms with van der Waals surface area (Å²) in [7, 11) is -3.67. The van der Waals surface area contributed by atoms with Gasteiger partial charge in [-0.05, 0) is 37.3 Å². The van der Waals surface area contributed by atoms with Crippen LogP contribution in [-0.4, -0.2) is 30.4 Å². The molecule has 9 heteroatoms. The molecular weight excluding hydrogens is 432 g/mol. The number of benzene rings is 2. The minimum Gasteiger partial charge on any atom is -0.310 e. The van der Waals surface area contributed by atoms with Crippen LogP contribution in [0.15, 0.2) is 57.9 Å². The van der Waals surface area contributed by atoms with Gasteiger partial charge in [-0.15, -0.1) is 0 Å². The SMILES string of the molecule is CCn1c(NC(=O)CCNS(=O)(=O)c2cccc(Br)c2)nc2ccccc21. The van der Waals surface area contributed by atoms with E-state index < -0.39 is 10.0 Å². The number of hydrogen-bond donors (Lipinski definition) is 2. The lowest BCUT2D eigenvalue weighted by molar-refractivity contribution is -0.116. The van der Waals surface area contributed by atoms with Crippen LogP contribution in [-0.2, 0) is 21.4 Å². The number of nitrogens with one attached hydrogen (secondary N) is 2. The molecule has 2 N–H and O–H groups in total. The molecule has 0 bridgehead atoms. The Kier molecular flexibility index (Phi) is 5.93. The highest BCUT2D eigenvalue weighted by Crippen LogP contribution is 2.19. The predicted molar refractivity (Wildman–Crippen MR) is 108 cm³/mol. The lowest BCUT2D eigenvalue weighted by Crippen LogP contribution is -2.28. The van der Waals surface area contributed by atoms with Gasteiger partial charge < -0.3 is 4.57 Å². The Balaban J connectivity index is 1.62. The van der Waals surface area contributed by atoms with Crippen LogP contribution in [0, 0.1) is 0 Å². The Morgan fingerprint density at radius 3 is 2.70 bits per heavy atom. The second kappa shape index (κ2) is 8.20. The van der Waals surface area contributed by atoms with Gasteiger partial charge in [0.1, 0.15) is 0 Å². The van der Waals surface area contributed by atoms with Crippen LogP contribution in [0.3, 0.4) is 0 Å². The molecule has 0 spiro atoms. The molecular formula is C18H19BrN4O3S. The molecule has 0 aliphatic rings. The Hall–Kier alpha value is -2.23. The van der Waals surface area contributed by atoms with Crippen LogP contribution in [0.5, 0.6) is 0 Å². The van der Waals surface area contributed by atoms with E-state index in [-0.39, 0.29) is 23.8 Å². The van der Waals surface area contributed by atoms with Gasteiger partial charge in [0.25, 0.3) is 0 Å². The number of amides is 1. The van der Waals surface area contributed by atoms with Crippen molar-refractivity contribution < 1.29 is 13.2 Å². The summed E-state index contributed by atoms with van der Waals surface area (Å²) in [6, 6.07) is 14.0. The fourth-order valence-corrected chi connectivity index (χ4v) is 4.32. The third kappa shape index (κ3) is 4.55. The minimum atomic E-state index is -3.67. The van der Waals surface area contributed by atoms with Gasteiger partial charge in [0, 0.05) is 24.0 Å². The maximum absolute atomic E-state index is 12.3. The molecule has 7 nitrogen and oxygen atoms in total. The van der Waals surface area contributed by atoms with Crippen LogP contribution in [0.25, 0.3) is 11.0 Å². The Labute approximate surface area is 166 Å². The van der Waals surface area contributed by atoms with Gasteiger partial charge in [0.15, 0.2) is 0 Å². The summed E-state index contributed by atoms with van der Waals surface area (Å²) in [5.74, 6) is 0.149. The summed E-state index contributed by atoms with van der Waals surface area (Å²) in [4.78, 5) is 16.8. The number of hydrogen-bond acceptors (Lipinski definition) is 4. The Morgan fingerprint density at radius 1 is 1.19 bits per heavy atom. The molecule has 0 atom stereocenters. The molecule has 27 heavy (non-hydrogen) atoms. The summed E-state index contributed by atoms with van der Waals surface area (Å²) < 4.78 is 29.5. The van der Waals surface area contributed by atoms with E-state index in [0.717, 1.165) is 11.0 Å². The van der Waals surface area contributed by atoms with Crippen LogP contribution >= 0.6 is 15.9 Å². The van der Waals surface area contributed by atoms with Crippen molar-refractivity contribution in [2.24, 2.45) is 0 Å². The molecule has 0 fully saturated rings. The lowest BCUT2D eigenvalue weighted by Gasteiger charge is -2.09. The predicted octanol–water partition coefficient (Wildman–Crippen LogP) is 3.13. The van der Waals surface area contributed by atoms with Crippen molar-refractivity contribution in [3.8, 4) is 0 Å². The maximum atomic E-state index is 12.3. The van der Waals surface area contributed by atoms with Crippen LogP contribution in [0.2, 0.25) is 0 Å². The maximum Gasteiger partial charge on any atom is 0.240 e. The molecule has 1 heterocycles. The average Bonchev–Trinajstić information content (AvgIpc) is 2.98. The molecule has 0 radical (unpaired) electrons. The van der Waals surface area contributed by atoms with E-state index in [0.29, 0.717) is 17.0 Å². The number of halogens is 1. The smallest absolute Gasteiger partial charge is 0.240 e. The Bertz CT molecular complexity index is 1080. The Morgan fingerprint density at radius 2 is 1.96 bits per heavy atom. The second-order valence-corrected chi connectivity index (χ2v) is 8.50. The average molecular weight is 451 g/mol. The highest BCUT2D eigenvalue weighted by molar-refractivity contribution is 9.10. The summed E-state index contributed by atoms with van der Waals surface area (Å²) in [5, 5.41) is 2.76. The first-order valence-corrected chi connectivity index (χ1v) is 10.7. The van der Waals surface area contributed by atoms with Gasteiger partial charge in [0.2, 0.25) is 21.9 Å². The van der Waals surface area contributed by atoms with E-state index in [2.05, 4.69) is 31.0 Å². The van der Waals surface area contributed by atoms with E-state index in [4.69, 9.17) is 0 Å². The second-order valence-electron chi connectivity index (χ2n) is 5.82. The third-order valence-electron chi connectivity index (χ3n) is 3.97. The number of para-hydroxylation sites is 2. The highest BCUT2D eigenvalue weighted by atomic mass is 79.9. The van der Waals surface area contributed by atoms with Crippen LogP contribution in [0.4, 0.5) is 5.95 Å². The molecule has 3 aromatic rings. The number of nitrogens with zero attached hydrogens (tertiary/aromatic N) is 2. The first kappa shape index (κ1) is 19.5. The standard InChI is InChI=1S/C18H19BrN4O3S/c1-2-23-16-9-4-3-8-15(16)21-18(23)22-17(24)10-11-20-27(25,26)14-7-5-6-13(19)12-14/h3-9,12,20H,2,10-11H2,1H3,(H,21,22,24). The van der Waals surface area contributed by atoms with Crippen molar-refractivity contribution in [1.82, 2.24) is 14.3 Å². The summed E-state index contributed by atoms with van der Waals surface area (Å²) >= 11 is 3.25. The lowest BCUT2D eigenvalue weighted by atomic mass is 10.3. The number of sulfonamides is 1. The molecule has 2 aromatic carbocycles. The highest BCUT2D eigenvalue weighted by Gasteiger charge is 2.16. The van der Waals surface area contributed by atoms with Crippen molar-refractivity contribution >= 4 is 48.8 Å². The van der Waals surface area contributed by atoms with Gasteiger partial charge >= 0.3 is 0 Å². The number of aryl methyl sites for hydroxylation is 1. The molecule has 1 aromatic heterocycles. The molecule has 0 saturated heterocycles. The molecule has 0 aliphatic heterocycles. The van der Waals surface area contributed by atoms with E-state index in [1.54, 1.807) is 12.1 Å². The number of rotatable bonds is 7. The van der Waals surface area contributed by atoms with Crippen molar-refractivity contribution in [2.45, 2.75) is 24.8 Å². The van der Waals surface area contributed by atoms with E-state index in [1.807, 2.05) is 35.8 Å². The van der Waals surface area contributed by atoms with Crippen LogP contribution < -0.4 is 10.0 Å². The quantitative estimate of drug-likeness (QED) is 0.578. The fraction of sp³-hybridized carbons (Fsp3) is 0.222. The monoisotopic (exact) mass is 450 g/mol. The number of fused-ring (bicyclic) bond motifs is 1. The zero-order chi connectivity index (χ0) is 19.4. The van der Waals surface area contributed by atoms with E-state index >= 15 is 0 Å². The molecule has 142 valence electrons.